The fourth-order valence-corrected chi connectivity index (χ4v) is 2.62. The van der Waals surface area contributed by atoms with Gasteiger partial charge in [0.15, 0.2) is 0 Å². The molecule has 0 saturated heterocycles. The molecule has 0 radical (unpaired) electrons. The summed E-state index contributed by atoms with van der Waals surface area (Å²) < 4.78 is 9.75. The van der Waals surface area contributed by atoms with Crippen molar-refractivity contribution >= 4 is 27.0 Å². The van der Waals surface area contributed by atoms with Crippen molar-refractivity contribution < 1.29 is 19.1 Å². The van der Waals surface area contributed by atoms with Crippen molar-refractivity contribution in [2.45, 2.75) is 43.1 Å². The van der Waals surface area contributed by atoms with Gasteiger partial charge in [-0.25, -0.2) is 0 Å². The van der Waals surface area contributed by atoms with Gasteiger partial charge in [-0.3, -0.25) is 0 Å². The van der Waals surface area contributed by atoms with Crippen molar-refractivity contribution in [3.8, 4) is 0 Å². The van der Waals surface area contributed by atoms with E-state index in [9.17, 15) is 9.59 Å². The van der Waals surface area contributed by atoms with Crippen LogP contribution in [0, 0.1) is 0 Å². The molecule has 1 atom stereocenters. The third-order valence-corrected chi connectivity index (χ3v) is 3.88. The second-order valence-corrected chi connectivity index (χ2v) is 6.80. The number of ether oxygens (including phenoxy) is 2. The molecule has 0 unspecified atom stereocenters. The summed E-state index contributed by atoms with van der Waals surface area (Å²) in [5, 5.41) is 3.93. The summed E-state index contributed by atoms with van der Waals surface area (Å²) >= 11 is 0.204. The van der Waals surface area contributed by atoms with E-state index >= 15 is 0 Å². The van der Waals surface area contributed by atoms with Gasteiger partial charge in [0.05, 0.1) is 0 Å². The van der Waals surface area contributed by atoms with Gasteiger partial charge >= 0.3 is 114 Å². The van der Waals surface area contributed by atoms with Gasteiger partial charge in [0, 0.05) is 0 Å². The minimum absolute atomic E-state index is 0.204. The Balaban J connectivity index is 4.35. The van der Waals surface area contributed by atoms with Gasteiger partial charge in [0.25, 0.3) is 0 Å². The van der Waals surface area contributed by atoms with Crippen LogP contribution >= 0.6 is 0 Å². The van der Waals surface area contributed by atoms with E-state index in [1.54, 1.807) is 26.8 Å². The van der Waals surface area contributed by atoms with Crippen molar-refractivity contribution in [1.29, 1.82) is 0 Å². The second-order valence-electron chi connectivity index (χ2n) is 4.55. The fourth-order valence-electron chi connectivity index (χ4n) is 1.03. The van der Waals surface area contributed by atoms with Crippen LogP contribution in [0.25, 0.3) is 0 Å². The molecule has 0 spiro atoms. The van der Waals surface area contributed by atoms with Crippen molar-refractivity contribution in [2.24, 2.45) is 0 Å². The Kier molecular flexibility index (Phi) is 7.71. The molecule has 0 aromatic rings. The number of carbonyl (C=O) groups excluding carboxylic acids is 2. The Morgan fingerprint density at radius 1 is 1.44 bits per heavy atom. The minimum atomic E-state index is -0.648. The molecule has 0 aromatic heterocycles. The third-order valence-electron chi connectivity index (χ3n) is 1.70. The van der Waals surface area contributed by atoms with Crippen LogP contribution in [0.5, 0.6) is 0 Å². The molecule has 1 N–H and O–H groups in total. The topological polar surface area (TPSA) is 64.6 Å². The van der Waals surface area contributed by atoms with Gasteiger partial charge < -0.3 is 0 Å². The third kappa shape index (κ3) is 8.14. The summed E-state index contributed by atoms with van der Waals surface area (Å²) in [7, 11) is 1.30. The maximum atomic E-state index is 11.6. The van der Waals surface area contributed by atoms with Gasteiger partial charge in [0.1, 0.15) is 0 Å². The van der Waals surface area contributed by atoms with Crippen LogP contribution in [0.3, 0.4) is 0 Å². The molecule has 0 aliphatic carbocycles. The number of allylic oxidation sites excluding steroid dienone is 1. The number of amides is 1. The first-order chi connectivity index (χ1) is 8.30. The predicted octanol–water partition coefficient (Wildman–Crippen LogP) is 1.78. The Labute approximate surface area is 114 Å². The number of methoxy groups -OCH3 is 1. The molecule has 5 nitrogen and oxygen atoms in total. The van der Waals surface area contributed by atoms with Crippen LogP contribution in [-0.4, -0.2) is 45.8 Å². The SMILES string of the molecule is C=CC[Se]C[C@H](NC(=O)OC(C)(C)C)C(=O)OC. The summed E-state index contributed by atoms with van der Waals surface area (Å²) in [5.41, 5.74) is -0.586. The quantitative estimate of drug-likeness (QED) is 0.350. The first kappa shape index (κ1) is 17.0. The zero-order valence-electron chi connectivity index (χ0n) is 11.3. The molecule has 0 heterocycles. The molecule has 0 rings (SSSR count). The predicted molar refractivity (Wildman–Crippen MR) is 70.7 cm³/mol. The number of nitrogens with one attached hydrogen (secondary N) is 1. The molecule has 104 valence electrons. The van der Waals surface area contributed by atoms with Crippen LogP contribution in [0.2, 0.25) is 10.6 Å². The standard InChI is InChI=1S/C12H21NO4Se/c1-6-7-18-8-9(10(14)16-5)13-11(15)17-12(2,3)4/h6,9H,1,7-8H2,2-5H3,(H,13,15)/t9-/m0/s1. The number of hydrogen-bond acceptors (Lipinski definition) is 4. The Bertz CT molecular complexity index is 299. The van der Waals surface area contributed by atoms with E-state index in [1.807, 2.05) is 0 Å². The maximum absolute atomic E-state index is 11.6. The molecule has 0 aromatic carbocycles. The van der Waals surface area contributed by atoms with E-state index in [0.717, 1.165) is 5.32 Å². The Morgan fingerprint density at radius 3 is 2.50 bits per heavy atom. The summed E-state index contributed by atoms with van der Waals surface area (Å²) in [6.45, 7) is 8.92. The van der Waals surface area contributed by atoms with E-state index < -0.39 is 23.7 Å². The van der Waals surface area contributed by atoms with E-state index in [2.05, 4.69) is 16.6 Å². The van der Waals surface area contributed by atoms with Gasteiger partial charge in [-0.2, -0.15) is 0 Å². The summed E-state index contributed by atoms with van der Waals surface area (Å²) in [5.74, 6) is -0.452. The average molecular weight is 322 g/mol. The van der Waals surface area contributed by atoms with Gasteiger partial charge in [0.2, 0.25) is 0 Å². The van der Waals surface area contributed by atoms with Gasteiger partial charge in [-0.1, -0.05) is 0 Å². The average Bonchev–Trinajstić information content (AvgIpc) is 2.24. The number of rotatable bonds is 6. The summed E-state index contributed by atoms with van der Waals surface area (Å²) in [6, 6.07) is -0.648. The normalized spacial score (nSPS) is 12.4. The molecule has 1 amide bonds. The van der Waals surface area contributed by atoms with Gasteiger partial charge in [-0.05, 0) is 0 Å². The summed E-state index contributed by atoms with van der Waals surface area (Å²) in [6.07, 6.45) is 1.19. The van der Waals surface area contributed by atoms with Gasteiger partial charge in [-0.15, -0.1) is 0 Å². The Morgan fingerprint density at radius 2 is 2.06 bits per heavy atom. The molecule has 0 aliphatic rings. The zero-order chi connectivity index (χ0) is 14.2. The number of carbonyl (C=O) groups is 2. The van der Waals surface area contributed by atoms with E-state index in [-0.39, 0.29) is 15.0 Å². The monoisotopic (exact) mass is 323 g/mol. The van der Waals surface area contributed by atoms with Crippen molar-refractivity contribution in [3.63, 3.8) is 0 Å². The molecule has 0 bridgehead atoms. The number of hydrogen-bond donors (Lipinski definition) is 1. The van der Waals surface area contributed by atoms with Crippen LogP contribution in [0.15, 0.2) is 12.7 Å². The van der Waals surface area contributed by atoms with Crippen molar-refractivity contribution in [1.82, 2.24) is 5.32 Å². The summed E-state index contributed by atoms with van der Waals surface area (Å²) in [4.78, 5) is 23.1. The van der Waals surface area contributed by atoms with Crippen molar-refractivity contribution in [2.75, 3.05) is 7.11 Å². The molecule has 0 aliphatic heterocycles. The first-order valence-corrected chi connectivity index (χ1v) is 7.98. The van der Waals surface area contributed by atoms with E-state index in [1.165, 1.54) is 7.11 Å². The van der Waals surface area contributed by atoms with E-state index in [4.69, 9.17) is 4.74 Å². The van der Waals surface area contributed by atoms with Crippen LogP contribution in [0.1, 0.15) is 20.8 Å². The molecule has 6 heteroatoms. The molecule has 18 heavy (non-hydrogen) atoms. The number of alkyl carbamates (subject to hydrolysis) is 1. The van der Waals surface area contributed by atoms with Crippen LogP contribution < -0.4 is 5.32 Å². The second kappa shape index (κ2) is 8.16. The van der Waals surface area contributed by atoms with Crippen LogP contribution in [0.4, 0.5) is 4.79 Å². The van der Waals surface area contributed by atoms with Crippen LogP contribution in [-0.2, 0) is 14.3 Å². The zero-order valence-corrected chi connectivity index (χ0v) is 13.0. The first-order valence-electron chi connectivity index (χ1n) is 5.56. The fraction of sp³-hybridized carbons (Fsp3) is 0.667. The molecular weight excluding hydrogens is 301 g/mol. The van der Waals surface area contributed by atoms with E-state index in [0.29, 0.717) is 5.32 Å². The molecule has 0 saturated carbocycles. The Hall–Kier alpha value is -1.00. The number of esters is 1. The molecular formula is C12H21NO4Se. The van der Waals surface area contributed by atoms with Crippen molar-refractivity contribution in [3.05, 3.63) is 12.7 Å². The molecule has 0 fully saturated rings.